The Labute approximate surface area is 132 Å². The first kappa shape index (κ1) is 15.3. The van der Waals surface area contributed by atoms with Gasteiger partial charge in [0.25, 0.3) is 5.91 Å². The fourth-order valence-corrected chi connectivity index (χ4v) is 1.94. The molecule has 0 atom stereocenters. The molecule has 21 heavy (non-hydrogen) atoms. The zero-order valence-corrected chi connectivity index (χ0v) is 12.6. The first-order valence-electron chi connectivity index (χ1n) is 6.13. The summed E-state index contributed by atoms with van der Waals surface area (Å²) in [5.74, 6) is 0.284. The maximum Gasteiger partial charge on any atom is 0.257 e. The fourth-order valence-electron chi connectivity index (χ4n) is 1.66. The minimum Gasteiger partial charge on any atom is -0.486 e. The first-order valence-corrected chi connectivity index (χ1v) is 6.92. The molecule has 0 aliphatic rings. The number of nitrogens with one attached hydrogen (secondary N) is 1. The van der Waals surface area contributed by atoms with Crippen LogP contribution in [0.25, 0.3) is 0 Å². The van der Waals surface area contributed by atoms with Gasteiger partial charge < -0.3 is 15.8 Å². The molecule has 0 fully saturated rings. The zero-order chi connectivity index (χ0) is 15.2. The number of benzene rings is 2. The second-order valence-corrected chi connectivity index (χ2v) is 5.15. The van der Waals surface area contributed by atoms with Crippen LogP contribution in [0, 0.1) is 0 Å². The quantitative estimate of drug-likeness (QED) is 0.830. The molecule has 6 heteroatoms. The average molecular weight is 321 g/mol. The van der Waals surface area contributed by atoms with Gasteiger partial charge in [-0.2, -0.15) is 0 Å². The summed E-state index contributed by atoms with van der Waals surface area (Å²) in [6, 6.07) is 13.8. The zero-order valence-electron chi connectivity index (χ0n) is 11.0. The second-order valence-electron chi connectivity index (χ2n) is 4.22. The summed E-state index contributed by atoms with van der Waals surface area (Å²) in [5, 5.41) is 3.16. The number of hydrogen-bond acceptors (Lipinski definition) is 3. The van der Waals surface area contributed by atoms with E-state index in [2.05, 4.69) is 5.32 Å². The molecule has 0 saturated heterocycles. The van der Waals surface area contributed by atoms with Gasteiger partial charge in [0, 0.05) is 11.8 Å². The van der Waals surface area contributed by atoms with Crippen LogP contribution in [-0.2, 0) is 0 Å². The Morgan fingerprint density at radius 1 is 1.24 bits per heavy atom. The van der Waals surface area contributed by atoms with Crippen molar-refractivity contribution in [3.63, 3.8) is 0 Å². The predicted octanol–water partition coefficient (Wildman–Crippen LogP) is 3.26. The Bertz CT molecular complexity index is 676. The van der Waals surface area contributed by atoms with Crippen molar-refractivity contribution < 1.29 is 9.53 Å². The molecule has 0 aliphatic carbocycles. The minimum atomic E-state index is -0.285. The molecule has 0 heterocycles. The van der Waals surface area contributed by atoms with E-state index in [-0.39, 0.29) is 17.5 Å². The number of nitrogens with two attached hydrogens (primary N) is 1. The van der Waals surface area contributed by atoms with Crippen molar-refractivity contribution >= 4 is 40.4 Å². The van der Waals surface area contributed by atoms with E-state index in [9.17, 15) is 4.79 Å². The maximum absolute atomic E-state index is 12.1. The van der Waals surface area contributed by atoms with Gasteiger partial charge in [0.05, 0.1) is 10.6 Å². The number of amides is 1. The summed E-state index contributed by atoms with van der Waals surface area (Å²) < 4.78 is 5.38. The summed E-state index contributed by atoms with van der Waals surface area (Å²) in [7, 11) is 0. The van der Waals surface area contributed by atoms with Crippen LogP contribution in [0.4, 0.5) is 5.69 Å². The molecule has 1 amide bonds. The van der Waals surface area contributed by atoms with E-state index in [0.29, 0.717) is 22.0 Å². The van der Waals surface area contributed by atoms with E-state index >= 15 is 0 Å². The van der Waals surface area contributed by atoms with Crippen molar-refractivity contribution in [1.29, 1.82) is 0 Å². The van der Waals surface area contributed by atoms with Gasteiger partial charge >= 0.3 is 0 Å². The summed E-state index contributed by atoms with van der Waals surface area (Å²) in [6.45, 7) is 0.150. The van der Waals surface area contributed by atoms with Crippen LogP contribution in [0.5, 0.6) is 5.75 Å². The Balaban J connectivity index is 2.09. The lowest BCUT2D eigenvalue weighted by molar-refractivity contribution is 0.102. The lowest BCUT2D eigenvalue weighted by Crippen LogP contribution is -2.18. The number of thiocarbonyl (C=S) groups is 1. The lowest BCUT2D eigenvalue weighted by Gasteiger charge is -2.09. The highest BCUT2D eigenvalue weighted by Gasteiger charge is 2.10. The molecule has 0 saturated carbocycles. The highest BCUT2D eigenvalue weighted by molar-refractivity contribution is 7.80. The van der Waals surface area contributed by atoms with Crippen LogP contribution >= 0.6 is 23.8 Å². The topological polar surface area (TPSA) is 64.3 Å². The van der Waals surface area contributed by atoms with Crippen LogP contribution in [0.15, 0.2) is 48.5 Å². The summed E-state index contributed by atoms with van der Waals surface area (Å²) in [6.07, 6.45) is 0. The molecule has 4 nitrogen and oxygen atoms in total. The molecule has 108 valence electrons. The normalized spacial score (nSPS) is 9.95. The van der Waals surface area contributed by atoms with E-state index in [4.69, 9.17) is 34.3 Å². The molecule has 0 spiro atoms. The Morgan fingerprint density at radius 3 is 2.71 bits per heavy atom. The molecule has 0 aliphatic heterocycles. The standard InChI is InChI=1S/C15H13ClN2O2S/c16-13-7-2-1-6-12(13)15(19)18-10-4-3-5-11(8-10)20-9-14(17)21/h1-8H,9H2,(H2,17,21)(H,18,19). The van der Waals surface area contributed by atoms with Crippen molar-refractivity contribution in [2.75, 3.05) is 11.9 Å². The minimum absolute atomic E-state index is 0.150. The molecule has 2 rings (SSSR count). The number of hydrogen-bond donors (Lipinski definition) is 2. The largest absolute Gasteiger partial charge is 0.486 e. The van der Waals surface area contributed by atoms with Crippen molar-refractivity contribution in [3.8, 4) is 5.75 Å². The van der Waals surface area contributed by atoms with Gasteiger partial charge in [0.2, 0.25) is 0 Å². The smallest absolute Gasteiger partial charge is 0.257 e. The molecule has 0 radical (unpaired) electrons. The first-order chi connectivity index (χ1) is 10.1. The highest BCUT2D eigenvalue weighted by atomic mass is 35.5. The van der Waals surface area contributed by atoms with Crippen molar-refractivity contribution in [2.24, 2.45) is 5.73 Å². The molecule has 3 N–H and O–H groups in total. The van der Waals surface area contributed by atoms with Gasteiger partial charge in [-0.1, -0.05) is 42.0 Å². The Kier molecular flexibility index (Phi) is 5.14. The van der Waals surface area contributed by atoms with Crippen LogP contribution in [-0.4, -0.2) is 17.5 Å². The number of halogens is 1. The van der Waals surface area contributed by atoms with Gasteiger partial charge in [-0.05, 0) is 24.3 Å². The second kappa shape index (κ2) is 7.06. The predicted molar refractivity (Wildman–Crippen MR) is 88.1 cm³/mol. The Hall–Kier alpha value is -2.11. The van der Waals surface area contributed by atoms with E-state index in [1.807, 2.05) is 0 Å². The van der Waals surface area contributed by atoms with Crippen LogP contribution in [0.1, 0.15) is 10.4 Å². The molecular weight excluding hydrogens is 308 g/mol. The van der Waals surface area contributed by atoms with Crippen molar-refractivity contribution in [3.05, 3.63) is 59.1 Å². The summed E-state index contributed by atoms with van der Waals surface area (Å²) >= 11 is 10.7. The Morgan fingerprint density at radius 2 is 2.00 bits per heavy atom. The SMILES string of the molecule is NC(=S)COc1cccc(NC(=O)c2ccccc2Cl)c1. The number of anilines is 1. The van der Waals surface area contributed by atoms with Crippen LogP contribution in [0.2, 0.25) is 5.02 Å². The molecule has 2 aromatic rings. The van der Waals surface area contributed by atoms with Gasteiger partial charge in [-0.3, -0.25) is 4.79 Å². The molecular formula is C15H13ClN2O2S. The van der Waals surface area contributed by atoms with E-state index < -0.39 is 0 Å². The number of carbonyl (C=O) groups is 1. The molecule has 0 bridgehead atoms. The van der Waals surface area contributed by atoms with Crippen molar-refractivity contribution in [2.45, 2.75) is 0 Å². The number of carbonyl (C=O) groups excluding carboxylic acids is 1. The number of ether oxygens (including phenoxy) is 1. The van der Waals surface area contributed by atoms with Gasteiger partial charge in [0.1, 0.15) is 17.3 Å². The van der Waals surface area contributed by atoms with Gasteiger partial charge in [-0.15, -0.1) is 0 Å². The fraction of sp³-hybridized carbons (Fsp3) is 0.0667. The van der Waals surface area contributed by atoms with Crippen molar-refractivity contribution in [1.82, 2.24) is 0 Å². The van der Waals surface area contributed by atoms with E-state index in [0.717, 1.165) is 0 Å². The third-order valence-electron chi connectivity index (χ3n) is 2.59. The summed E-state index contributed by atoms with van der Waals surface area (Å²) in [5.41, 5.74) is 6.38. The molecule has 0 unspecified atom stereocenters. The average Bonchev–Trinajstić information content (AvgIpc) is 2.46. The third kappa shape index (κ3) is 4.44. The number of rotatable bonds is 5. The highest BCUT2D eigenvalue weighted by Crippen LogP contribution is 2.20. The van der Waals surface area contributed by atoms with E-state index in [1.54, 1.807) is 48.5 Å². The van der Waals surface area contributed by atoms with Gasteiger partial charge in [-0.25, -0.2) is 0 Å². The van der Waals surface area contributed by atoms with Crippen LogP contribution < -0.4 is 15.8 Å². The maximum atomic E-state index is 12.1. The van der Waals surface area contributed by atoms with E-state index in [1.165, 1.54) is 0 Å². The monoisotopic (exact) mass is 320 g/mol. The van der Waals surface area contributed by atoms with Gasteiger partial charge in [0.15, 0.2) is 0 Å². The molecule has 2 aromatic carbocycles. The summed E-state index contributed by atoms with van der Waals surface area (Å²) in [4.78, 5) is 12.4. The van der Waals surface area contributed by atoms with Crippen LogP contribution in [0.3, 0.4) is 0 Å². The molecule has 0 aromatic heterocycles. The lowest BCUT2D eigenvalue weighted by atomic mass is 10.2. The third-order valence-corrected chi connectivity index (χ3v) is 3.04.